The molecule has 0 spiro atoms. The zero-order valence-electron chi connectivity index (χ0n) is 20.1. The number of benzene rings is 1. The number of nitrogens with one attached hydrogen (secondary N) is 3. The number of carbonyl (C=O) groups excluding carboxylic acids is 1. The highest BCUT2D eigenvalue weighted by Gasteiger charge is 2.14. The van der Waals surface area contributed by atoms with Gasteiger partial charge in [0.25, 0.3) is 0 Å². The van der Waals surface area contributed by atoms with Crippen molar-refractivity contribution in [3.63, 3.8) is 0 Å². The van der Waals surface area contributed by atoms with E-state index in [9.17, 15) is 4.79 Å². The van der Waals surface area contributed by atoms with Crippen LogP contribution in [0.15, 0.2) is 67.1 Å². The van der Waals surface area contributed by atoms with Crippen LogP contribution in [0.1, 0.15) is 0 Å². The molecule has 3 aromatic heterocycles. The van der Waals surface area contributed by atoms with Crippen LogP contribution < -0.4 is 20.7 Å². The molecule has 0 unspecified atom stereocenters. The van der Waals surface area contributed by atoms with Crippen LogP contribution >= 0.6 is 0 Å². The maximum absolute atomic E-state index is 12.4. The maximum atomic E-state index is 12.4. The molecule has 4 aromatic rings. The average molecular weight is 473 g/mol. The van der Waals surface area contributed by atoms with E-state index in [1.54, 1.807) is 44.8 Å². The van der Waals surface area contributed by atoms with Crippen molar-refractivity contribution < 1.29 is 9.53 Å². The molecule has 10 nitrogen and oxygen atoms in total. The lowest BCUT2D eigenvalue weighted by Gasteiger charge is -2.16. The lowest BCUT2D eigenvalue weighted by atomic mass is 10.2. The zero-order valence-corrected chi connectivity index (χ0v) is 20.1. The summed E-state index contributed by atoms with van der Waals surface area (Å²) >= 11 is 0. The first-order valence-corrected chi connectivity index (χ1v) is 11.0. The van der Waals surface area contributed by atoms with Gasteiger partial charge in [-0.3, -0.25) is 9.36 Å². The minimum absolute atomic E-state index is 0.232. The number of anilines is 4. The van der Waals surface area contributed by atoms with Crippen LogP contribution in [-0.4, -0.2) is 65.1 Å². The Morgan fingerprint density at radius 1 is 1.11 bits per heavy atom. The molecule has 0 bridgehead atoms. The molecule has 0 fully saturated rings. The van der Waals surface area contributed by atoms with Gasteiger partial charge in [0.2, 0.25) is 11.9 Å². The smallest absolute Gasteiger partial charge is 0.248 e. The quantitative estimate of drug-likeness (QED) is 0.317. The van der Waals surface area contributed by atoms with E-state index in [0.717, 1.165) is 11.0 Å². The Kier molecular flexibility index (Phi) is 7.22. The summed E-state index contributed by atoms with van der Waals surface area (Å²) in [6, 6.07) is 11.3. The number of nitrogens with zero attached hydrogens (tertiary/aromatic N) is 5. The third kappa shape index (κ3) is 5.56. The van der Waals surface area contributed by atoms with Crippen LogP contribution in [0.5, 0.6) is 5.75 Å². The Hall–Kier alpha value is -4.44. The van der Waals surface area contributed by atoms with Gasteiger partial charge < -0.3 is 25.6 Å². The Morgan fingerprint density at radius 2 is 1.97 bits per heavy atom. The van der Waals surface area contributed by atoms with E-state index in [4.69, 9.17) is 4.74 Å². The number of ether oxygens (including phenoxy) is 1. The van der Waals surface area contributed by atoms with Gasteiger partial charge in [0.1, 0.15) is 17.2 Å². The molecular formula is C25H28N8O2. The van der Waals surface area contributed by atoms with Gasteiger partial charge in [-0.2, -0.15) is 4.98 Å². The van der Waals surface area contributed by atoms with E-state index in [0.29, 0.717) is 41.1 Å². The summed E-state index contributed by atoms with van der Waals surface area (Å²) in [4.78, 5) is 27.9. The lowest BCUT2D eigenvalue weighted by Crippen LogP contribution is -2.13. The summed E-state index contributed by atoms with van der Waals surface area (Å²) in [5.74, 6) is 1.38. The summed E-state index contributed by atoms with van der Waals surface area (Å²) in [6.45, 7) is 0.668. The monoisotopic (exact) mass is 472 g/mol. The van der Waals surface area contributed by atoms with Crippen molar-refractivity contribution in [2.24, 2.45) is 0 Å². The van der Waals surface area contributed by atoms with E-state index < -0.39 is 0 Å². The molecule has 10 heteroatoms. The molecule has 0 aliphatic rings. The number of carbonyl (C=O) groups is 1. The highest BCUT2D eigenvalue weighted by molar-refractivity contribution is 6.02. The maximum Gasteiger partial charge on any atom is 0.248 e. The number of likely N-dealkylation sites (N-methyl/N-ethyl adjacent to an activating group) is 1. The normalized spacial score (nSPS) is 11.2. The Labute approximate surface area is 203 Å². The molecule has 3 N–H and O–H groups in total. The van der Waals surface area contributed by atoms with Gasteiger partial charge >= 0.3 is 0 Å². The molecule has 180 valence electrons. The van der Waals surface area contributed by atoms with Crippen LogP contribution in [0.4, 0.5) is 23.0 Å². The van der Waals surface area contributed by atoms with Gasteiger partial charge in [0.15, 0.2) is 0 Å². The van der Waals surface area contributed by atoms with Crippen LogP contribution in [-0.2, 0) is 4.79 Å². The summed E-state index contributed by atoms with van der Waals surface area (Å²) in [5.41, 5.74) is 2.71. The van der Waals surface area contributed by atoms with Crippen molar-refractivity contribution in [1.82, 2.24) is 24.4 Å². The largest absolute Gasteiger partial charge is 0.494 e. The van der Waals surface area contributed by atoms with Gasteiger partial charge in [0, 0.05) is 49.7 Å². The van der Waals surface area contributed by atoms with E-state index in [1.165, 1.54) is 6.08 Å². The highest BCUT2D eigenvalue weighted by Crippen LogP contribution is 2.36. The molecule has 3 heterocycles. The average Bonchev–Trinajstić information content (AvgIpc) is 3.28. The van der Waals surface area contributed by atoms with Gasteiger partial charge in [-0.25, -0.2) is 9.97 Å². The Bertz CT molecular complexity index is 1360. The molecule has 0 atom stereocenters. The first-order valence-electron chi connectivity index (χ1n) is 11.0. The summed E-state index contributed by atoms with van der Waals surface area (Å²) in [6.07, 6.45) is 8.66. The SMILES string of the molecule is CNc1cc(OC)c(Nc2nccc(-n3ccc4cccnc43)n2)cc1NC(=O)/C=C/CN(C)C. The molecule has 35 heavy (non-hydrogen) atoms. The minimum atomic E-state index is -0.232. The van der Waals surface area contributed by atoms with Gasteiger partial charge in [-0.05, 0) is 44.4 Å². The fraction of sp³-hybridized carbons (Fsp3) is 0.200. The second-order valence-corrected chi connectivity index (χ2v) is 7.97. The predicted octanol–water partition coefficient (Wildman–Crippen LogP) is 3.67. The van der Waals surface area contributed by atoms with Crippen LogP contribution in [0.25, 0.3) is 16.9 Å². The molecule has 0 saturated heterocycles. The minimum Gasteiger partial charge on any atom is -0.494 e. The topological polar surface area (TPSA) is 109 Å². The first kappa shape index (κ1) is 23.7. The van der Waals surface area contributed by atoms with Crippen molar-refractivity contribution in [1.29, 1.82) is 0 Å². The Balaban J connectivity index is 1.62. The summed E-state index contributed by atoms with van der Waals surface area (Å²) in [7, 11) is 7.24. The molecule has 4 rings (SSSR count). The highest BCUT2D eigenvalue weighted by atomic mass is 16.5. The van der Waals surface area contributed by atoms with Gasteiger partial charge in [0.05, 0.1) is 24.2 Å². The first-order chi connectivity index (χ1) is 17.0. The molecule has 1 aromatic carbocycles. The second kappa shape index (κ2) is 10.7. The Morgan fingerprint density at radius 3 is 2.74 bits per heavy atom. The summed E-state index contributed by atoms with van der Waals surface area (Å²) in [5, 5.41) is 10.2. The van der Waals surface area contributed by atoms with Crippen molar-refractivity contribution in [2.75, 3.05) is 50.7 Å². The number of rotatable bonds is 9. The molecule has 0 saturated carbocycles. The van der Waals surface area contributed by atoms with Gasteiger partial charge in [-0.1, -0.05) is 6.08 Å². The fourth-order valence-corrected chi connectivity index (χ4v) is 3.52. The molecular weight excluding hydrogens is 444 g/mol. The molecule has 0 aliphatic carbocycles. The van der Waals surface area contributed by atoms with E-state index in [-0.39, 0.29) is 5.91 Å². The van der Waals surface area contributed by atoms with Crippen molar-refractivity contribution in [3.8, 4) is 11.6 Å². The molecule has 1 amide bonds. The fourth-order valence-electron chi connectivity index (χ4n) is 3.52. The molecule has 0 radical (unpaired) electrons. The third-order valence-electron chi connectivity index (χ3n) is 5.19. The standard InChI is InChI=1S/C25H28N8O2/c1-26-18-16-21(35-4)20(15-19(18)29-23(34)8-6-13-32(2)3)30-25-28-12-9-22(31-25)33-14-10-17-7-5-11-27-24(17)33/h5-12,14-16,26H,13H2,1-4H3,(H,29,34)(H,28,30,31)/b8-6+. The van der Waals surface area contributed by atoms with Crippen LogP contribution in [0.3, 0.4) is 0 Å². The van der Waals surface area contributed by atoms with Crippen molar-refractivity contribution >= 4 is 40.0 Å². The van der Waals surface area contributed by atoms with E-state index in [2.05, 4.69) is 30.9 Å². The number of pyridine rings is 1. The number of amides is 1. The van der Waals surface area contributed by atoms with Gasteiger partial charge in [-0.15, -0.1) is 0 Å². The number of fused-ring (bicyclic) bond motifs is 1. The van der Waals surface area contributed by atoms with Crippen molar-refractivity contribution in [3.05, 3.63) is 67.1 Å². The molecule has 0 aliphatic heterocycles. The van der Waals surface area contributed by atoms with Crippen LogP contribution in [0, 0.1) is 0 Å². The van der Waals surface area contributed by atoms with E-state index >= 15 is 0 Å². The number of hydrogen-bond acceptors (Lipinski definition) is 8. The summed E-state index contributed by atoms with van der Waals surface area (Å²) < 4.78 is 7.46. The number of hydrogen-bond donors (Lipinski definition) is 3. The number of aromatic nitrogens is 4. The third-order valence-corrected chi connectivity index (χ3v) is 5.19. The number of methoxy groups -OCH3 is 1. The zero-order chi connectivity index (χ0) is 24.8. The second-order valence-electron chi connectivity index (χ2n) is 7.97. The lowest BCUT2D eigenvalue weighted by molar-refractivity contribution is -0.111. The predicted molar refractivity (Wildman–Crippen MR) is 139 cm³/mol. The van der Waals surface area contributed by atoms with E-state index in [1.807, 2.05) is 54.0 Å². The van der Waals surface area contributed by atoms with Crippen molar-refractivity contribution in [2.45, 2.75) is 0 Å². The van der Waals surface area contributed by atoms with Crippen LogP contribution in [0.2, 0.25) is 0 Å².